The molecule has 2 nitrogen and oxygen atoms in total. The van der Waals surface area contributed by atoms with Crippen LogP contribution in [0.4, 0.5) is 5.69 Å². The summed E-state index contributed by atoms with van der Waals surface area (Å²) in [4.78, 5) is 0. The number of nitrogens with two attached hydrogens (primary N) is 1. The van der Waals surface area contributed by atoms with Gasteiger partial charge in [0.2, 0.25) is 0 Å². The normalized spacial score (nSPS) is 20.5. The molecule has 1 aromatic rings. The van der Waals surface area contributed by atoms with E-state index in [1.165, 1.54) is 30.4 Å². The van der Waals surface area contributed by atoms with Crippen LogP contribution in [-0.2, 0) is 6.42 Å². The Bertz CT molecular complexity index is 320. The predicted molar refractivity (Wildman–Crippen MR) is 60.2 cm³/mol. The van der Waals surface area contributed by atoms with Crippen molar-refractivity contribution in [1.29, 1.82) is 0 Å². The van der Waals surface area contributed by atoms with Gasteiger partial charge in [-0.2, -0.15) is 0 Å². The molecule has 0 spiro atoms. The third-order valence-electron chi connectivity index (χ3n) is 2.93. The van der Waals surface area contributed by atoms with Crippen LogP contribution in [0.5, 0.6) is 0 Å². The zero-order chi connectivity index (χ0) is 9.97. The topological polar surface area (TPSA) is 38.0 Å². The Balaban J connectivity index is 2.30. The molecular weight excluding hydrogens is 172 g/mol. The highest BCUT2D eigenvalue weighted by atomic mass is 14.9. The molecule has 1 aliphatic rings. The van der Waals surface area contributed by atoms with Gasteiger partial charge in [-0.15, -0.1) is 0 Å². The Morgan fingerprint density at radius 1 is 1.50 bits per heavy atom. The highest BCUT2D eigenvalue weighted by Gasteiger charge is 2.18. The fraction of sp³-hybridized carbons (Fsp3) is 0.500. The molecule has 3 N–H and O–H groups in total. The van der Waals surface area contributed by atoms with E-state index in [1.54, 1.807) is 0 Å². The van der Waals surface area contributed by atoms with E-state index < -0.39 is 0 Å². The average Bonchev–Trinajstić information content (AvgIpc) is 2.18. The summed E-state index contributed by atoms with van der Waals surface area (Å²) in [6.45, 7) is 3.19. The molecule has 0 radical (unpaired) electrons. The van der Waals surface area contributed by atoms with Crippen LogP contribution in [0.3, 0.4) is 0 Å². The number of benzene rings is 1. The van der Waals surface area contributed by atoms with Crippen molar-refractivity contribution in [1.82, 2.24) is 5.32 Å². The van der Waals surface area contributed by atoms with Crippen LogP contribution in [-0.4, -0.2) is 6.54 Å². The molecule has 1 aliphatic carbocycles. The summed E-state index contributed by atoms with van der Waals surface area (Å²) in [5.41, 5.74) is 9.55. The second-order valence-corrected chi connectivity index (χ2v) is 3.96. The summed E-state index contributed by atoms with van der Waals surface area (Å²) in [6, 6.07) is 6.86. The minimum Gasteiger partial charge on any atom is -0.399 e. The molecule has 0 aromatic heterocycles. The number of nitrogens with one attached hydrogen (secondary N) is 1. The smallest absolute Gasteiger partial charge is 0.0323 e. The standard InChI is InChI=1S/C12H18N2/c1-2-14-12-5-3-4-9-8-10(13)6-7-11(9)12/h6-8,12,14H,2-5,13H2,1H3. The van der Waals surface area contributed by atoms with Crippen LogP contribution >= 0.6 is 0 Å². The van der Waals surface area contributed by atoms with Crippen molar-refractivity contribution in [3.05, 3.63) is 29.3 Å². The van der Waals surface area contributed by atoms with Gasteiger partial charge in [0.15, 0.2) is 0 Å². The van der Waals surface area contributed by atoms with Crippen LogP contribution in [0.15, 0.2) is 18.2 Å². The summed E-state index contributed by atoms with van der Waals surface area (Å²) in [5.74, 6) is 0. The third kappa shape index (κ3) is 1.75. The van der Waals surface area contributed by atoms with E-state index in [0.717, 1.165) is 12.2 Å². The van der Waals surface area contributed by atoms with E-state index in [1.807, 2.05) is 6.07 Å². The number of rotatable bonds is 2. The lowest BCUT2D eigenvalue weighted by atomic mass is 9.87. The second kappa shape index (κ2) is 4.01. The number of hydrogen-bond acceptors (Lipinski definition) is 2. The number of hydrogen-bond donors (Lipinski definition) is 2. The van der Waals surface area contributed by atoms with Gasteiger partial charge in [0, 0.05) is 11.7 Å². The number of anilines is 1. The summed E-state index contributed by atoms with van der Waals surface area (Å²) in [7, 11) is 0. The van der Waals surface area contributed by atoms with Crippen molar-refractivity contribution in [2.75, 3.05) is 12.3 Å². The summed E-state index contributed by atoms with van der Waals surface area (Å²) in [6.07, 6.45) is 3.71. The van der Waals surface area contributed by atoms with E-state index in [4.69, 9.17) is 5.73 Å². The molecule has 0 amide bonds. The first-order valence-corrected chi connectivity index (χ1v) is 5.43. The van der Waals surface area contributed by atoms with Gasteiger partial charge < -0.3 is 11.1 Å². The Labute approximate surface area is 85.5 Å². The highest BCUT2D eigenvalue weighted by Crippen LogP contribution is 2.30. The minimum absolute atomic E-state index is 0.546. The quantitative estimate of drug-likeness (QED) is 0.702. The van der Waals surface area contributed by atoms with E-state index in [0.29, 0.717) is 6.04 Å². The number of nitrogen functional groups attached to an aromatic ring is 1. The van der Waals surface area contributed by atoms with Crippen LogP contribution in [0.1, 0.15) is 36.9 Å². The van der Waals surface area contributed by atoms with Gasteiger partial charge >= 0.3 is 0 Å². The molecule has 2 rings (SSSR count). The highest BCUT2D eigenvalue weighted by molar-refractivity contribution is 5.46. The number of fused-ring (bicyclic) bond motifs is 1. The second-order valence-electron chi connectivity index (χ2n) is 3.96. The lowest BCUT2D eigenvalue weighted by molar-refractivity contribution is 0.472. The fourth-order valence-electron chi connectivity index (χ4n) is 2.29. The number of aryl methyl sites for hydroxylation is 1. The van der Waals surface area contributed by atoms with E-state index in [-0.39, 0.29) is 0 Å². The first-order valence-electron chi connectivity index (χ1n) is 5.43. The maximum Gasteiger partial charge on any atom is 0.0323 e. The van der Waals surface area contributed by atoms with Crippen molar-refractivity contribution in [2.45, 2.75) is 32.2 Å². The maximum atomic E-state index is 5.78. The molecule has 0 saturated carbocycles. The van der Waals surface area contributed by atoms with Gasteiger partial charge in [-0.3, -0.25) is 0 Å². The molecule has 1 aromatic carbocycles. The maximum absolute atomic E-state index is 5.78. The summed E-state index contributed by atoms with van der Waals surface area (Å²) in [5, 5.41) is 3.52. The van der Waals surface area contributed by atoms with Crippen LogP contribution in [0.2, 0.25) is 0 Å². The molecular formula is C12H18N2. The van der Waals surface area contributed by atoms with Gasteiger partial charge in [-0.1, -0.05) is 13.0 Å². The molecule has 1 atom stereocenters. The molecule has 1 unspecified atom stereocenters. The van der Waals surface area contributed by atoms with E-state index in [2.05, 4.69) is 24.4 Å². The predicted octanol–water partition coefficient (Wildman–Crippen LogP) is 2.26. The molecule has 0 bridgehead atoms. The van der Waals surface area contributed by atoms with Crippen LogP contribution < -0.4 is 11.1 Å². The lowest BCUT2D eigenvalue weighted by Gasteiger charge is -2.26. The SMILES string of the molecule is CCNC1CCCc2cc(N)ccc21. The largest absolute Gasteiger partial charge is 0.399 e. The Kier molecular flexibility index (Phi) is 2.73. The fourth-order valence-corrected chi connectivity index (χ4v) is 2.29. The van der Waals surface area contributed by atoms with Gasteiger partial charge in [0.25, 0.3) is 0 Å². The van der Waals surface area contributed by atoms with Crippen molar-refractivity contribution in [3.63, 3.8) is 0 Å². The van der Waals surface area contributed by atoms with E-state index >= 15 is 0 Å². The summed E-state index contributed by atoms with van der Waals surface area (Å²) >= 11 is 0. The Hall–Kier alpha value is -1.02. The molecule has 76 valence electrons. The van der Waals surface area contributed by atoms with E-state index in [9.17, 15) is 0 Å². The van der Waals surface area contributed by atoms with Gasteiger partial charge in [0.1, 0.15) is 0 Å². The zero-order valence-electron chi connectivity index (χ0n) is 8.72. The lowest BCUT2D eigenvalue weighted by Crippen LogP contribution is -2.24. The van der Waals surface area contributed by atoms with Gasteiger partial charge in [-0.25, -0.2) is 0 Å². The van der Waals surface area contributed by atoms with Gasteiger partial charge in [-0.05, 0) is 49.1 Å². The van der Waals surface area contributed by atoms with Crippen LogP contribution in [0.25, 0.3) is 0 Å². The summed E-state index contributed by atoms with van der Waals surface area (Å²) < 4.78 is 0. The Morgan fingerprint density at radius 2 is 2.36 bits per heavy atom. The monoisotopic (exact) mass is 190 g/mol. The van der Waals surface area contributed by atoms with Crippen molar-refractivity contribution >= 4 is 5.69 Å². The zero-order valence-corrected chi connectivity index (χ0v) is 8.72. The van der Waals surface area contributed by atoms with Crippen LogP contribution in [0, 0.1) is 0 Å². The molecule has 0 aliphatic heterocycles. The van der Waals surface area contributed by atoms with Crippen molar-refractivity contribution in [3.8, 4) is 0 Å². The third-order valence-corrected chi connectivity index (χ3v) is 2.93. The van der Waals surface area contributed by atoms with Crippen molar-refractivity contribution < 1.29 is 0 Å². The molecule has 0 heterocycles. The van der Waals surface area contributed by atoms with Crippen molar-refractivity contribution in [2.24, 2.45) is 0 Å². The van der Waals surface area contributed by atoms with Gasteiger partial charge in [0.05, 0.1) is 0 Å². The molecule has 0 saturated heterocycles. The first kappa shape index (κ1) is 9.53. The Morgan fingerprint density at radius 3 is 3.14 bits per heavy atom. The first-order chi connectivity index (χ1) is 6.81. The molecule has 2 heteroatoms. The minimum atomic E-state index is 0.546. The molecule has 14 heavy (non-hydrogen) atoms. The average molecular weight is 190 g/mol. The molecule has 0 fully saturated rings.